The summed E-state index contributed by atoms with van der Waals surface area (Å²) in [5, 5.41) is 16.9. The molecule has 1 amide bonds. The van der Waals surface area contributed by atoms with E-state index in [2.05, 4.69) is 15.3 Å². The molecule has 158 valence electrons. The van der Waals surface area contributed by atoms with E-state index < -0.39 is 17.1 Å². The van der Waals surface area contributed by atoms with E-state index in [-0.39, 0.29) is 23.6 Å². The molecule has 0 saturated carbocycles. The predicted molar refractivity (Wildman–Crippen MR) is 111 cm³/mol. The number of carbonyl (C=O) groups is 1. The van der Waals surface area contributed by atoms with Crippen LogP contribution in [0.2, 0.25) is 0 Å². The van der Waals surface area contributed by atoms with Crippen LogP contribution in [0.4, 0.5) is 10.5 Å². The Hall–Kier alpha value is -3.78. The number of nitrogens with zero attached hydrogens (tertiary/aromatic N) is 4. The number of ether oxygens (including phenoxy) is 2. The molecule has 0 fully saturated rings. The fraction of sp³-hybridized carbons (Fsp3) is 0.350. The van der Waals surface area contributed by atoms with Crippen LogP contribution in [-0.2, 0) is 6.42 Å². The summed E-state index contributed by atoms with van der Waals surface area (Å²) in [6.07, 6.45) is -0.348. The summed E-state index contributed by atoms with van der Waals surface area (Å²) in [4.78, 5) is 25.1. The normalized spacial score (nSPS) is 11.7. The van der Waals surface area contributed by atoms with Crippen molar-refractivity contribution in [3.63, 3.8) is 0 Å². The standard InChI is InChI=1S/C20H23N5O5/c1-20(2,3)30-18-8-4-14(5-9-18)12-15(13-22-24-21)23-19(26)29-17-10-6-16(7-11-17)25(27)28/h4-11,15H,12-13H2,1-3H3,(H,23,26)/t15-/m0/s1. The molecule has 0 bridgehead atoms. The van der Waals surface area contributed by atoms with E-state index in [9.17, 15) is 14.9 Å². The smallest absolute Gasteiger partial charge is 0.412 e. The maximum Gasteiger partial charge on any atom is 0.412 e. The average Bonchev–Trinajstić information content (AvgIpc) is 2.67. The molecule has 0 heterocycles. The molecule has 0 radical (unpaired) electrons. The molecule has 0 unspecified atom stereocenters. The van der Waals surface area contributed by atoms with Gasteiger partial charge in [-0.1, -0.05) is 17.2 Å². The van der Waals surface area contributed by atoms with E-state index >= 15 is 0 Å². The zero-order chi connectivity index (χ0) is 22.1. The van der Waals surface area contributed by atoms with Gasteiger partial charge in [-0.05, 0) is 62.6 Å². The molecule has 2 aromatic carbocycles. The van der Waals surface area contributed by atoms with Gasteiger partial charge in [-0.15, -0.1) is 0 Å². The Morgan fingerprint density at radius 2 is 1.77 bits per heavy atom. The van der Waals surface area contributed by atoms with Gasteiger partial charge in [-0.3, -0.25) is 10.1 Å². The molecule has 0 aliphatic heterocycles. The van der Waals surface area contributed by atoms with E-state index in [0.717, 1.165) is 11.3 Å². The van der Waals surface area contributed by atoms with Gasteiger partial charge in [0.2, 0.25) is 0 Å². The molecular formula is C20H23N5O5. The quantitative estimate of drug-likeness (QED) is 0.218. The number of non-ortho nitro benzene ring substituents is 1. The van der Waals surface area contributed by atoms with Crippen molar-refractivity contribution in [3.05, 3.63) is 74.7 Å². The Morgan fingerprint density at radius 3 is 2.30 bits per heavy atom. The Balaban J connectivity index is 2.00. The number of nitro benzene ring substituents is 1. The van der Waals surface area contributed by atoms with Crippen molar-refractivity contribution < 1.29 is 19.2 Å². The lowest BCUT2D eigenvalue weighted by atomic mass is 10.1. The minimum absolute atomic E-state index is 0.0338. The first-order valence-corrected chi connectivity index (χ1v) is 9.18. The number of hydrogen-bond donors (Lipinski definition) is 1. The number of nitro groups is 1. The topological polar surface area (TPSA) is 139 Å². The average molecular weight is 413 g/mol. The Labute approximate surface area is 173 Å². The van der Waals surface area contributed by atoms with Crippen LogP contribution >= 0.6 is 0 Å². The maximum atomic E-state index is 12.2. The number of hydrogen-bond acceptors (Lipinski definition) is 6. The number of amides is 1. The third kappa shape index (κ3) is 7.69. The molecule has 10 heteroatoms. The predicted octanol–water partition coefficient (Wildman–Crippen LogP) is 4.78. The van der Waals surface area contributed by atoms with E-state index in [0.29, 0.717) is 6.42 Å². The number of azide groups is 1. The van der Waals surface area contributed by atoms with E-state index in [4.69, 9.17) is 15.0 Å². The van der Waals surface area contributed by atoms with Gasteiger partial charge in [0.1, 0.15) is 17.1 Å². The highest BCUT2D eigenvalue weighted by atomic mass is 16.6. The van der Waals surface area contributed by atoms with Crippen molar-refractivity contribution in [3.8, 4) is 11.5 Å². The number of benzene rings is 2. The lowest BCUT2D eigenvalue weighted by Crippen LogP contribution is -2.40. The number of nitrogens with one attached hydrogen (secondary N) is 1. The van der Waals surface area contributed by atoms with Gasteiger partial charge in [0, 0.05) is 29.6 Å². The fourth-order valence-electron chi connectivity index (χ4n) is 2.57. The second kappa shape index (κ2) is 10.1. The van der Waals surface area contributed by atoms with E-state index in [1.807, 2.05) is 45.0 Å². The molecular weight excluding hydrogens is 390 g/mol. The van der Waals surface area contributed by atoms with Gasteiger partial charge in [-0.2, -0.15) is 0 Å². The third-order valence-corrected chi connectivity index (χ3v) is 3.77. The van der Waals surface area contributed by atoms with Crippen LogP contribution in [0.5, 0.6) is 11.5 Å². The Morgan fingerprint density at radius 1 is 1.17 bits per heavy atom. The summed E-state index contributed by atoms with van der Waals surface area (Å²) in [5.41, 5.74) is 9.10. The highest BCUT2D eigenvalue weighted by Gasteiger charge is 2.16. The van der Waals surface area contributed by atoms with Crippen molar-refractivity contribution in [1.29, 1.82) is 0 Å². The van der Waals surface area contributed by atoms with Crippen LogP contribution in [0.25, 0.3) is 10.4 Å². The number of rotatable bonds is 8. The molecule has 1 N–H and O–H groups in total. The third-order valence-electron chi connectivity index (χ3n) is 3.77. The second-order valence-electron chi connectivity index (χ2n) is 7.46. The lowest BCUT2D eigenvalue weighted by molar-refractivity contribution is -0.384. The zero-order valence-electron chi connectivity index (χ0n) is 16.9. The second-order valence-corrected chi connectivity index (χ2v) is 7.46. The molecule has 30 heavy (non-hydrogen) atoms. The highest BCUT2D eigenvalue weighted by molar-refractivity contribution is 5.70. The fourth-order valence-corrected chi connectivity index (χ4v) is 2.57. The summed E-state index contributed by atoms with van der Waals surface area (Å²) in [6, 6.07) is 12.0. The van der Waals surface area contributed by atoms with Crippen LogP contribution in [0.3, 0.4) is 0 Å². The van der Waals surface area contributed by atoms with Gasteiger partial charge in [0.25, 0.3) is 5.69 Å². The van der Waals surface area contributed by atoms with Crippen LogP contribution in [0.1, 0.15) is 26.3 Å². The van der Waals surface area contributed by atoms with Crippen molar-refractivity contribution in [2.24, 2.45) is 5.11 Å². The van der Waals surface area contributed by atoms with Crippen LogP contribution in [0.15, 0.2) is 53.6 Å². The van der Waals surface area contributed by atoms with Crippen LogP contribution in [0, 0.1) is 10.1 Å². The first-order valence-electron chi connectivity index (χ1n) is 9.18. The molecule has 0 saturated heterocycles. The molecule has 2 aromatic rings. The summed E-state index contributed by atoms with van der Waals surface area (Å²) >= 11 is 0. The van der Waals surface area contributed by atoms with Crippen molar-refractivity contribution >= 4 is 11.8 Å². The van der Waals surface area contributed by atoms with E-state index in [1.165, 1.54) is 24.3 Å². The highest BCUT2D eigenvalue weighted by Crippen LogP contribution is 2.20. The van der Waals surface area contributed by atoms with Crippen molar-refractivity contribution in [2.45, 2.75) is 38.8 Å². The zero-order valence-corrected chi connectivity index (χ0v) is 16.9. The SMILES string of the molecule is CC(C)(C)Oc1ccc(C[C@@H](CN=[N+]=[N-])NC(=O)Oc2ccc([N+](=O)[O-])cc2)cc1. The monoisotopic (exact) mass is 413 g/mol. The molecule has 1 atom stereocenters. The van der Waals surface area contributed by atoms with Crippen LogP contribution in [-0.4, -0.2) is 29.2 Å². The van der Waals surface area contributed by atoms with Crippen LogP contribution < -0.4 is 14.8 Å². The Kier molecular flexibility index (Phi) is 7.60. The first-order chi connectivity index (χ1) is 14.2. The van der Waals surface area contributed by atoms with Gasteiger partial charge >= 0.3 is 6.09 Å². The summed E-state index contributed by atoms with van der Waals surface area (Å²) < 4.78 is 10.9. The van der Waals surface area contributed by atoms with Crippen molar-refractivity contribution in [1.82, 2.24) is 5.32 Å². The summed E-state index contributed by atoms with van der Waals surface area (Å²) in [5.74, 6) is 0.882. The van der Waals surface area contributed by atoms with E-state index in [1.54, 1.807) is 0 Å². The molecule has 0 aliphatic rings. The maximum absolute atomic E-state index is 12.2. The molecule has 0 aromatic heterocycles. The molecule has 2 rings (SSSR count). The minimum atomic E-state index is -0.755. The lowest BCUT2D eigenvalue weighted by Gasteiger charge is -2.21. The van der Waals surface area contributed by atoms with Gasteiger partial charge < -0.3 is 14.8 Å². The Bertz CT molecular complexity index is 916. The number of carbonyl (C=O) groups excluding carboxylic acids is 1. The first kappa shape index (κ1) is 22.5. The molecule has 10 nitrogen and oxygen atoms in total. The minimum Gasteiger partial charge on any atom is -0.488 e. The van der Waals surface area contributed by atoms with Gasteiger partial charge in [-0.25, -0.2) is 4.79 Å². The summed E-state index contributed by atoms with van der Waals surface area (Å²) in [6.45, 7) is 5.90. The summed E-state index contributed by atoms with van der Waals surface area (Å²) in [7, 11) is 0. The largest absolute Gasteiger partial charge is 0.488 e. The van der Waals surface area contributed by atoms with Crippen molar-refractivity contribution in [2.75, 3.05) is 6.54 Å². The molecule has 0 aliphatic carbocycles. The van der Waals surface area contributed by atoms with Gasteiger partial charge in [0.05, 0.1) is 4.92 Å². The van der Waals surface area contributed by atoms with Gasteiger partial charge in [0.15, 0.2) is 0 Å². The molecule has 0 spiro atoms.